The number of halogens is 3. The zero-order valence-corrected chi connectivity index (χ0v) is 20.4. The van der Waals surface area contributed by atoms with E-state index in [1.807, 2.05) is 6.08 Å². The van der Waals surface area contributed by atoms with E-state index < -0.39 is 40.3 Å². The number of aromatic nitrogens is 1. The first-order valence-electron chi connectivity index (χ1n) is 11.4. The zero-order valence-electron chi connectivity index (χ0n) is 18.8. The SMILES string of the molecule is O=C1c2c(O)c(=O)ccn2N2CN1C1(/C=C/COc3c(ccc(F)c3F)C2c2ccsc2Cl)CCC1. The molecule has 7 nitrogen and oxygen atoms in total. The summed E-state index contributed by atoms with van der Waals surface area (Å²) >= 11 is 7.84. The quantitative estimate of drug-likeness (QED) is 0.466. The third-order valence-electron chi connectivity index (χ3n) is 7.19. The maximum Gasteiger partial charge on any atom is 0.278 e. The molecule has 4 heterocycles. The van der Waals surface area contributed by atoms with Crippen molar-refractivity contribution >= 4 is 28.8 Å². The van der Waals surface area contributed by atoms with Crippen molar-refractivity contribution in [2.45, 2.75) is 30.8 Å². The first-order valence-corrected chi connectivity index (χ1v) is 12.6. The molecule has 186 valence electrons. The van der Waals surface area contributed by atoms with Crippen LogP contribution in [0, 0.1) is 11.6 Å². The van der Waals surface area contributed by atoms with Gasteiger partial charge in [0, 0.05) is 23.4 Å². The molecule has 2 bridgehead atoms. The number of fused-ring (bicyclic) bond motifs is 6. The summed E-state index contributed by atoms with van der Waals surface area (Å²) in [5, 5.41) is 14.2. The Balaban J connectivity index is 1.68. The van der Waals surface area contributed by atoms with Crippen LogP contribution in [0.15, 0.2) is 52.8 Å². The number of carbonyl (C=O) groups is 1. The standard InChI is InChI=1S/C25H20ClF2N3O4S/c26-23-15(6-12-36-23)19-14-3-4-16(27)18(28)22(14)35-11-2-9-25(7-1-8-25)29-13-31(19)30-10-5-17(32)21(33)20(30)24(29)34/h2-6,9-10,12,19,33H,1,7-8,11,13H2/b9-2+. The summed E-state index contributed by atoms with van der Waals surface area (Å²) in [6, 6.07) is 4.52. The van der Waals surface area contributed by atoms with Gasteiger partial charge in [0.15, 0.2) is 23.0 Å². The number of pyridine rings is 1. The molecular formula is C25H20ClF2N3O4S. The number of rotatable bonds is 1. The van der Waals surface area contributed by atoms with Crippen LogP contribution in [0.1, 0.15) is 46.9 Å². The number of hydrogen-bond acceptors (Lipinski definition) is 6. The molecule has 36 heavy (non-hydrogen) atoms. The van der Waals surface area contributed by atoms with Crippen molar-refractivity contribution < 1.29 is 23.4 Å². The highest BCUT2D eigenvalue weighted by molar-refractivity contribution is 7.14. The van der Waals surface area contributed by atoms with Gasteiger partial charge in [0.1, 0.15) is 19.3 Å². The monoisotopic (exact) mass is 531 g/mol. The van der Waals surface area contributed by atoms with Crippen LogP contribution in [0.4, 0.5) is 8.78 Å². The first kappa shape index (κ1) is 23.1. The summed E-state index contributed by atoms with van der Waals surface area (Å²) in [5.41, 5.74) is -0.711. The Morgan fingerprint density at radius 1 is 1.14 bits per heavy atom. The van der Waals surface area contributed by atoms with Crippen molar-refractivity contribution in [1.29, 1.82) is 0 Å². The molecule has 1 aromatic carbocycles. The van der Waals surface area contributed by atoms with Crippen LogP contribution >= 0.6 is 22.9 Å². The Labute approximate surface area is 213 Å². The minimum atomic E-state index is -1.14. The molecule has 2 aromatic heterocycles. The second kappa shape index (κ2) is 8.35. The van der Waals surface area contributed by atoms with Gasteiger partial charge >= 0.3 is 0 Å². The van der Waals surface area contributed by atoms with Crippen molar-refractivity contribution in [2.24, 2.45) is 0 Å². The molecule has 1 saturated carbocycles. The lowest BCUT2D eigenvalue weighted by atomic mass is 9.74. The summed E-state index contributed by atoms with van der Waals surface area (Å²) in [4.78, 5) is 27.7. The second-order valence-corrected chi connectivity index (χ2v) is 10.6. The van der Waals surface area contributed by atoms with Gasteiger partial charge < -0.3 is 14.7 Å². The van der Waals surface area contributed by atoms with Crippen LogP contribution in [-0.2, 0) is 0 Å². The van der Waals surface area contributed by atoms with Gasteiger partial charge in [0.05, 0.1) is 9.88 Å². The molecule has 2 aliphatic heterocycles. The van der Waals surface area contributed by atoms with Gasteiger partial charge in [-0.3, -0.25) is 19.3 Å². The Morgan fingerprint density at radius 2 is 1.94 bits per heavy atom. The molecule has 11 heteroatoms. The van der Waals surface area contributed by atoms with Crippen LogP contribution < -0.4 is 15.2 Å². The van der Waals surface area contributed by atoms with Crippen molar-refractivity contribution in [1.82, 2.24) is 9.58 Å². The van der Waals surface area contributed by atoms with E-state index in [1.54, 1.807) is 27.4 Å². The van der Waals surface area contributed by atoms with Crippen LogP contribution in [0.5, 0.6) is 11.5 Å². The number of ether oxygens (including phenoxy) is 1. The maximum absolute atomic E-state index is 15.1. The minimum absolute atomic E-state index is 0.0355. The topological polar surface area (TPSA) is 75.0 Å². The Hall–Kier alpha value is -3.37. The number of amides is 1. The summed E-state index contributed by atoms with van der Waals surface area (Å²) in [5.74, 6) is -3.64. The zero-order chi connectivity index (χ0) is 25.2. The minimum Gasteiger partial charge on any atom is -0.502 e. The lowest BCUT2D eigenvalue weighted by Crippen LogP contribution is -2.64. The Bertz CT molecular complexity index is 1480. The number of hydrogen-bond donors (Lipinski definition) is 1. The van der Waals surface area contributed by atoms with E-state index in [9.17, 15) is 19.1 Å². The molecule has 6 rings (SSSR count). The third kappa shape index (κ3) is 3.27. The smallest absolute Gasteiger partial charge is 0.278 e. The van der Waals surface area contributed by atoms with Gasteiger partial charge in [-0.2, -0.15) is 4.39 Å². The lowest BCUT2D eigenvalue weighted by Gasteiger charge is -2.53. The van der Waals surface area contributed by atoms with Crippen molar-refractivity contribution in [3.8, 4) is 11.5 Å². The molecule has 1 aliphatic carbocycles. The molecule has 1 N–H and O–H groups in total. The molecule has 1 spiro atoms. The molecule has 1 fully saturated rings. The Morgan fingerprint density at radius 3 is 2.64 bits per heavy atom. The average molecular weight is 532 g/mol. The maximum atomic E-state index is 15.1. The van der Waals surface area contributed by atoms with Crippen LogP contribution in [0.3, 0.4) is 0 Å². The van der Waals surface area contributed by atoms with Crippen LogP contribution in [-0.4, -0.2) is 39.4 Å². The van der Waals surface area contributed by atoms with Crippen LogP contribution in [0.25, 0.3) is 0 Å². The van der Waals surface area contributed by atoms with E-state index >= 15 is 4.39 Å². The van der Waals surface area contributed by atoms with Gasteiger partial charge in [0.25, 0.3) is 5.91 Å². The van der Waals surface area contributed by atoms with Gasteiger partial charge in [0.2, 0.25) is 11.2 Å². The highest BCUT2D eigenvalue weighted by Gasteiger charge is 2.49. The van der Waals surface area contributed by atoms with Gasteiger partial charge in [-0.15, -0.1) is 11.3 Å². The van der Waals surface area contributed by atoms with Gasteiger partial charge in [-0.25, -0.2) is 4.39 Å². The van der Waals surface area contributed by atoms with E-state index in [4.69, 9.17) is 16.3 Å². The summed E-state index contributed by atoms with van der Waals surface area (Å²) in [7, 11) is 0. The molecule has 1 amide bonds. The van der Waals surface area contributed by atoms with E-state index in [2.05, 4.69) is 0 Å². The normalized spacial score (nSPS) is 21.2. The summed E-state index contributed by atoms with van der Waals surface area (Å²) in [6.45, 7) is -0.00888. The largest absolute Gasteiger partial charge is 0.502 e. The number of carbonyl (C=O) groups excluding carboxylic acids is 1. The molecule has 1 atom stereocenters. The Kier molecular flexibility index (Phi) is 5.34. The molecule has 3 aromatic rings. The second-order valence-electron chi connectivity index (χ2n) is 9.04. The number of thiophene rings is 1. The van der Waals surface area contributed by atoms with Crippen molar-refractivity contribution in [3.05, 3.63) is 91.0 Å². The predicted molar refractivity (Wildman–Crippen MR) is 130 cm³/mol. The molecule has 3 aliphatic rings. The fourth-order valence-electron chi connectivity index (χ4n) is 5.25. The van der Waals surface area contributed by atoms with E-state index in [0.29, 0.717) is 22.7 Å². The van der Waals surface area contributed by atoms with E-state index in [1.165, 1.54) is 28.3 Å². The third-order valence-corrected chi connectivity index (χ3v) is 8.39. The van der Waals surface area contributed by atoms with E-state index in [0.717, 1.165) is 18.6 Å². The molecular weight excluding hydrogens is 512 g/mol. The number of aromatic hydroxyl groups is 1. The highest BCUT2D eigenvalue weighted by Crippen LogP contribution is 2.46. The van der Waals surface area contributed by atoms with Gasteiger partial charge in [-0.05, 0) is 48.9 Å². The first-order chi connectivity index (χ1) is 17.3. The van der Waals surface area contributed by atoms with Crippen LogP contribution in [0.2, 0.25) is 4.34 Å². The number of nitrogens with zero attached hydrogens (tertiary/aromatic N) is 3. The fraction of sp³-hybridized carbons (Fsp3) is 0.280. The molecule has 0 saturated heterocycles. The lowest BCUT2D eigenvalue weighted by molar-refractivity contribution is 0.0255. The highest BCUT2D eigenvalue weighted by atomic mass is 35.5. The molecule has 0 radical (unpaired) electrons. The van der Waals surface area contributed by atoms with E-state index in [-0.39, 0.29) is 30.3 Å². The predicted octanol–water partition coefficient (Wildman–Crippen LogP) is 4.56. The fourth-order valence-corrected chi connectivity index (χ4v) is 6.22. The average Bonchev–Trinajstić information content (AvgIpc) is 3.24. The van der Waals surface area contributed by atoms with Gasteiger partial charge in [-0.1, -0.05) is 17.7 Å². The number of benzene rings is 1. The van der Waals surface area contributed by atoms with Crippen molar-refractivity contribution in [3.63, 3.8) is 0 Å². The summed E-state index contributed by atoms with van der Waals surface area (Å²) < 4.78 is 37.1. The van der Waals surface area contributed by atoms with Crippen molar-refractivity contribution in [2.75, 3.05) is 18.3 Å². The molecule has 1 unspecified atom stereocenters. The summed E-state index contributed by atoms with van der Waals surface area (Å²) in [6.07, 6.45) is 7.14.